The number of carbonyl (C=O) groups is 2. The van der Waals surface area contributed by atoms with E-state index in [1.807, 2.05) is 0 Å². The maximum atomic E-state index is 10.5. The van der Waals surface area contributed by atoms with Crippen molar-refractivity contribution in [2.45, 2.75) is 33.5 Å². The Morgan fingerprint density at radius 3 is 2.47 bits per heavy atom. The van der Waals surface area contributed by atoms with Crippen LogP contribution in [-0.2, 0) is 19.1 Å². The van der Waals surface area contributed by atoms with Gasteiger partial charge in [-0.15, -0.1) is 0 Å². The number of aliphatic carboxylic acids is 1. The maximum absolute atomic E-state index is 10.5. The van der Waals surface area contributed by atoms with E-state index in [4.69, 9.17) is 14.6 Å². The number of hydrogen-bond acceptors (Lipinski definition) is 4. The van der Waals surface area contributed by atoms with Crippen LogP contribution in [0.2, 0.25) is 0 Å². The molecule has 0 radical (unpaired) electrons. The highest BCUT2D eigenvalue weighted by Crippen LogP contribution is 1.99. The van der Waals surface area contributed by atoms with Crippen molar-refractivity contribution in [3.63, 3.8) is 0 Å². The molecule has 0 aromatic carbocycles. The summed E-state index contributed by atoms with van der Waals surface area (Å²) in [6.45, 7) is 4.74. The van der Waals surface area contributed by atoms with Gasteiger partial charge >= 0.3 is 11.9 Å². The lowest BCUT2D eigenvalue weighted by atomic mass is 10.2. The summed E-state index contributed by atoms with van der Waals surface area (Å²) in [4.78, 5) is 20.9. The summed E-state index contributed by atoms with van der Waals surface area (Å²) in [5.41, 5.74) is 0.277. The lowest BCUT2D eigenvalue weighted by molar-refractivity contribution is -0.171. The molecule has 0 saturated heterocycles. The van der Waals surface area contributed by atoms with Crippen LogP contribution >= 0.6 is 0 Å². The van der Waals surface area contributed by atoms with Crippen LogP contribution in [0.15, 0.2) is 11.6 Å². The molecule has 0 spiro atoms. The molecule has 0 aliphatic heterocycles. The molecule has 0 aliphatic carbocycles. The number of carboxylic acid groups (broad SMARTS) is 1. The Morgan fingerprint density at radius 1 is 1.40 bits per heavy atom. The van der Waals surface area contributed by atoms with E-state index in [1.54, 1.807) is 13.0 Å². The maximum Gasteiger partial charge on any atom is 0.330 e. The predicted octanol–water partition coefficient (Wildman–Crippen LogP) is 1.33. The number of carbonyl (C=O) groups excluding carboxylic acids is 1. The highest BCUT2D eigenvalue weighted by molar-refractivity contribution is 5.85. The lowest BCUT2D eigenvalue weighted by Crippen LogP contribution is -2.16. The molecule has 86 valence electrons. The summed E-state index contributed by atoms with van der Waals surface area (Å²) in [6.07, 6.45) is 1.44. The summed E-state index contributed by atoms with van der Waals surface area (Å²) < 4.78 is 9.81. The van der Waals surface area contributed by atoms with Gasteiger partial charge in [-0.3, -0.25) is 4.79 Å². The van der Waals surface area contributed by atoms with Gasteiger partial charge in [0.15, 0.2) is 6.29 Å². The van der Waals surface area contributed by atoms with Gasteiger partial charge in [0.2, 0.25) is 0 Å². The summed E-state index contributed by atoms with van der Waals surface area (Å²) in [7, 11) is 0. The first-order valence-corrected chi connectivity index (χ1v) is 4.62. The summed E-state index contributed by atoms with van der Waals surface area (Å²) in [5, 5.41) is 8.53. The number of carboxylic acids is 1. The van der Waals surface area contributed by atoms with Crippen molar-refractivity contribution in [1.29, 1.82) is 0 Å². The Morgan fingerprint density at radius 2 is 2.00 bits per heavy atom. The highest BCUT2D eigenvalue weighted by Gasteiger charge is 2.04. The zero-order valence-electron chi connectivity index (χ0n) is 9.15. The monoisotopic (exact) mass is 216 g/mol. The predicted molar refractivity (Wildman–Crippen MR) is 53.2 cm³/mol. The first kappa shape index (κ1) is 13.6. The average molecular weight is 216 g/mol. The molecule has 1 unspecified atom stereocenters. The van der Waals surface area contributed by atoms with Crippen LogP contribution in [-0.4, -0.2) is 29.9 Å². The van der Waals surface area contributed by atoms with Gasteiger partial charge in [0.1, 0.15) is 0 Å². The Balaban J connectivity index is 3.67. The third kappa shape index (κ3) is 7.69. The van der Waals surface area contributed by atoms with Crippen LogP contribution in [0.5, 0.6) is 0 Å². The van der Waals surface area contributed by atoms with Gasteiger partial charge in [-0.1, -0.05) is 6.08 Å². The molecular formula is C10H16O5. The second-order valence-electron chi connectivity index (χ2n) is 3.03. The van der Waals surface area contributed by atoms with E-state index in [0.717, 1.165) is 0 Å². The molecule has 5 heteroatoms. The van der Waals surface area contributed by atoms with Crippen LogP contribution < -0.4 is 0 Å². The fourth-order valence-corrected chi connectivity index (χ4v) is 0.864. The molecule has 0 aromatic rings. The van der Waals surface area contributed by atoms with E-state index in [1.165, 1.54) is 13.8 Å². The van der Waals surface area contributed by atoms with Crippen molar-refractivity contribution < 1.29 is 24.2 Å². The molecule has 1 N–H and O–H groups in total. The fraction of sp³-hybridized carbons (Fsp3) is 0.600. The molecule has 15 heavy (non-hydrogen) atoms. The van der Waals surface area contributed by atoms with Gasteiger partial charge in [-0.25, -0.2) is 4.79 Å². The van der Waals surface area contributed by atoms with Gasteiger partial charge in [0, 0.05) is 12.5 Å². The first-order valence-electron chi connectivity index (χ1n) is 4.62. The van der Waals surface area contributed by atoms with Crippen LogP contribution in [0, 0.1) is 0 Å². The van der Waals surface area contributed by atoms with Gasteiger partial charge in [-0.2, -0.15) is 0 Å². The van der Waals surface area contributed by atoms with Gasteiger partial charge in [0.25, 0.3) is 0 Å². The van der Waals surface area contributed by atoms with E-state index in [0.29, 0.717) is 13.0 Å². The van der Waals surface area contributed by atoms with E-state index >= 15 is 0 Å². The van der Waals surface area contributed by atoms with E-state index in [-0.39, 0.29) is 5.57 Å². The topological polar surface area (TPSA) is 72.8 Å². The van der Waals surface area contributed by atoms with Gasteiger partial charge < -0.3 is 14.6 Å². The van der Waals surface area contributed by atoms with Crippen molar-refractivity contribution in [2.75, 3.05) is 6.61 Å². The van der Waals surface area contributed by atoms with Crippen LogP contribution in [0.4, 0.5) is 0 Å². The average Bonchev–Trinajstić information content (AvgIpc) is 2.10. The third-order valence-electron chi connectivity index (χ3n) is 1.59. The van der Waals surface area contributed by atoms with E-state index < -0.39 is 18.2 Å². The number of ether oxygens (including phenoxy) is 2. The van der Waals surface area contributed by atoms with E-state index in [2.05, 4.69) is 0 Å². The molecule has 1 atom stereocenters. The Labute approximate surface area is 88.7 Å². The second kappa shape index (κ2) is 7.00. The van der Waals surface area contributed by atoms with Crippen molar-refractivity contribution >= 4 is 11.9 Å². The van der Waals surface area contributed by atoms with Crippen molar-refractivity contribution in [2.24, 2.45) is 0 Å². The minimum absolute atomic E-state index is 0.277. The number of hydrogen-bond donors (Lipinski definition) is 1. The molecule has 0 aliphatic rings. The molecule has 0 heterocycles. The summed E-state index contributed by atoms with van der Waals surface area (Å²) in [5.74, 6) is -1.34. The SMILES string of the molecule is CC(=O)OC(C)OCC/C=C(\C)C(=O)O. The quantitative estimate of drug-likeness (QED) is 0.314. The Kier molecular flexibility index (Phi) is 6.37. The van der Waals surface area contributed by atoms with Crippen LogP contribution in [0.25, 0.3) is 0 Å². The molecular weight excluding hydrogens is 200 g/mol. The molecule has 0 saturated carbocycles. The van der Waals surface area contributed by atoms with Crippen molar-refractivity contribution in [3.05, 3.63) is 11.6 Å². The highest BCUT2D eigenvalue weighted by atomic mass is 16.7. The van der Waals surface area contributed by atoms with Gasteiger partial charge in [0.05, 0.1) is 6.61 Å². The first-order chi connectivity index (χ1) is 6.93. The third-order valence-corrected chi connectivity index (χ3v) is 1.59. The zero-order chi connectivity index (χ0) is 11.8. The Bertz CT molecular complexity index is 257. The minimum Gasteiger partial charge on any atom is -0.478 e. The standard InChI is InChI=1S/C10H16O5/c1-7(10(12)13)5-4-6-14-9(3)15-8(2)11/h5,9H,4,6H2,1-3H3,(H,12,13)/b7-5+. The van der Waals surface area contributed by atoms with Gasteiger partial charge in [-0.05, 0) is 20.3 Å². The molecule has 0 fully saturated rings. The molecule has 5 nitrogen and oxygen atoms in total. The minimum atomic E-state index is -0.942. The molecule has 0 amide bonds. The number of rotatable bonds is 6. The lowest BCUT2D eigenvalue weighted by Gasteiger charge is -2.11. The number of esters is 1. The largest absolute Gasteiger partial charge is 0.478 e. The summed E-state index contributed by atoms with van der Waals surface area (Å²) >= 11 is 0. The van der Waals surface area contributed by atoms with Crippen LogP contribution in [0.3, 0.4) is 0 Å². The molecule has 0 bridgehead atoms. The molecule has 0 rings (SSSR count). The second-order valence-corrected chi connectivity index (χ2v) is 3.03. The van der Waals surface area contributed by atoms with Crippen molar-refractivity contribution in [1.82, 2.24) is 0 Å². The molecule has 0 aromatic heterocycles. The summed E-state index contributed by atoms with van der Waals surface area (Å²) in [6, 6.07) is 0. The zero-order valence-corrected chi connectivity index (χ0v) is 9.15. The smallest absolute Gasteiger partial charge is 0.330 e. The fourth-order valence-electron chi connectivity index (χ4n) is 0.864. The van der Waals surface area contributed by atoms with E-state index in [9.17, 15) is 9.59 Å². The normalized spacial score (nSPS) is 13.4. The van der Waals surface area contributed by atoms with Crippen molar-refractivity contribution in [3.8, 4) is 0 Å². The van der Waals surface area contributed by atoms with Crippen LogP contribution in [0.1, 0.15) is 27.2 Å². The Hall–Kier alpha value is -1.36.